The monoisotopic (exact) mass is 307 g/mol. The number of hydrogen-bond acceptors (Lipinski definition) is 4. The van der Waals surface area contributed by atoms with Crippen LogP contribution in [0.5, 0.6) is 5.75 Å². The van der Waals surface area contributed by atoms with Gasteiger partial charge in [-0.2, -0.15) is 0 Å². The number of nitrogen functional groups attached to an aromatic ring is 1. The quantitative estimate of drug-likeness (QED) is 0.383. The van der Waals surface area contributed by atoms with Gasteiger partial charge in [-0.05, 0) is 17.7 Å². The molecular weight excluding hydrogens is 294 g/mol. The number of non-ortho nitro benzene ring substituents is 1. The van der Waals surface area contributed by atoms with Gasteiger partial charge >= 0.3 is 0 Å². The Labute approximate surface area is 127 Å². The Balaban J connectivity index is 0.00000220. The number of amidine groups is 1. The molecule has 0 radical (unpaired) electrons. The SMILES string of the molecule is Cl.N=C(N)c1ccc(COc2ccc([N+](=O)[O-])cc2)cc1. The van der Waals surface area contributed by atoms with Crippen molar-refractivity contribution in [3.8, 4) is 5.75 Å². The van der Waals surface area contributed by atoms with Crippen LogP contribution in [0.25, 0.3) is 0 Å². The van der Waals surface area contributed by atoms with E-state index in [0.29, 0.717) is 17.9 Å². The van der Waals surface area contributed by atoms with E-state index in [1.165, 1.54) is 12.1 Å². The van der Waals surface area contributed by atoms with Gasteiger partial charge in [0.1, 0.15) is 18.2 Å². The van der Waals surface area contributed by atoms with Gasteiger partial charge in [0, 0.05) is 17.7 Å². The number of nitrogens with two attached hydrogens (primary N) is 1. The van der Waals surface area contributed by atoms with E-state index in [1.54, 1.807) is 24.3 Å². The van der Waals surface area contributed by atoms with Crippen LogP contribution >= 0.6 is 12.4 Å². The average Bonchev–Trinajstić information content (AvgIpc) is 2.46. The molecule has 0 unspecified atom stereocenters. The molecule has 3 N–H and O–H groups in total. The fourth-order valence-electron chi connectivity index (χ4n) is 1.61. The standard InChI is InChI=1S/C14H13N3O3.ClH/c15-14(16)11-3-1-10(2-4-11)9-20-13-7-5-12(6-8-13)17(18)19;/h1-8H,9H2,(H3,15,16);1H. The van der Waals surface area contributed by atoms with E-state index in [4.69, 9.17) is 15.9 Å². The maximum Gasteiger partial charge on any atom is 0.269 e. The summed E-state index contributed by atoms with van der Waals surface area (Å²) in [6.45, 7) is 0.343. The number of ether oxygens (including phenoxy) is 1. The number of benzene rings is 2. The molecule has 0 saturated heterocycles. The number of nitrogens with zero attached hydrogens (tertiary/aromatic N) is 1. The number of nitrogens with one attached hydrogen (secondary N) is 1. The van der Waals surface area contributed by atoms with Gasteiger partial charge in [0.15, 0.2) is 0 Å². The molecule has 6 nitrogen and oxygen atoms in total. The molecule has 2 aromatic carbocycles. The van der Waals surface area contributed by atoms with Gasteiger partial charge < -0.3 is 10.5 Å². The molecule has 2 aromatic rings. The van der Waals surface area contributed by atoms with Crippen molar-refractivity contribution in [2.45, 2.75) is 6.61 Å². The van der Waals surface area contributed by atoms with Gasteiger partial charge in [0.05, 0.1) is 4.92 Å². The van der Waals surface area contributed by atoms with Crippen LogP contribution in [0.3, 0.4) is 0 Å². The zero-order chi connectivity index (χ0) is 14.5. The molecule has 0 amide bonds. The second-order valence-electron chi connectivity index (χ2n) is 4.15. The lowest BCUT2D eigenvalue weighted by molar-refractivity contribution is -0.384. The molecule has 21 heavy (non-hydrogen) atoms. The highest BCUT2D eigenvalue weighted by molar-refractivity contribution is 5.94. The first-order valence-electron chi connectivity index (χ1n) is 5.87. The summed E-state index contributed by atoms with van der Waals surface area (Å²) in [5.74, 6) is 0.582. The van der Waals surface area contributed by atoms with E-state index in [2.05, 4.69) is 0 Å². The Hall–Kier alpha value is -2.60. The van der Waals surface area contributed by atoms with Crippen molar-refractivity contribution in [3.05, 3.63) is 69.8 Å². The van der Waals surface area contributed by atoms with E-state index in [0.717, 1.165) is 5.56 Å². The topological polar surface area (TPSA) is 102 Å². The van der Waals surface area contributed by atoms with Crippen LogP contribution in [0.1, 0.15) is 11.1 Å². The van der Waals surface area contributed by atoms with Crippen LogP contribution < -0.4 is 10.5 Å². The summed E-state index contributed by atoms with van der Waals surface area (Å²) >= 11 is 0. The third kappa shape index (κ3) is 4.47. The second kappa shape index (κ2) is 7.25. The van der Waals surface area contributed by atoms with E-state index < -0.39 is 4.92 Å². The van der Waals surface area contributed by atoms with Crippen molar-refractivity contribution in [1.82, 2.24) is 0 Å². The molecule has 0 bridgehead atoms. The molecule has 0 aliphatic heterocycles. The van der Waals surface area contributed by atoms with Gasteiger partial charge in [-0.1, -0.05) is 24.3 Å². The van der Waals surface area contributed by atoms with Gasteiger partial charge in [-0.15, -0.1) is 12.4 Å². The van der Waals surface area contributed by atoms with Crippen molar-refractivity contribution in [3.63, 3.8) is 0 Å². The summed E-state index contributed by atoms with van der Waals surface area (Å²) in [5.41, 5.74) is 6.98. The maximum atomic E-state index is 10.5. The van der Waals surface area contributed by atoms with E-state index >= 15 is 0 Å². The largest absolute Gasteiger partial charge is 0.489 e. The van der Waals surface area contributed by atoms with Gasteiger partial charge in [0.2, 0.25) is 0 Å². The molecule has 0 aliphatic rings. The van der Waals surface area contributed by atoms with Crippen molar-refractivity contribution in [2.75, 3.05) is 0 Å². The van der Waals surface area contributed by atoms with Crippen LogP contribution in [0, 0.1) is 15.5 Å². The molecule has 0 fully saturated rings. The second-order valence-corrected chi connectivity index (χ2v) is 4.15. The molecule has 0 spiro atoms. The van der Waals surface area contributed by atoms with Crippen molar-refractivity contribution >= 4 is 23.9 Å². The van der Waals surface area contributed by atoms with Crippen LogP contribution in [-0.4, -0.2) is 10.8 Å². The first kappa shape index (κ1) is 16.5. The minimum atomic E-state index is -0.454. The van der Waals surface area contributed by atoms with Crippen molar-refractivity contribution in [2.24, 2.45) is 5.73 Å². The molecule has 0 aliphatic carbocycles. The van der Waals surface area contributed by atoms with Crippen molar-refractivity contribution < 1.29 is 9.66 Å². The predicted octanol–water partition coefficient (Wildman–Crippen LogP) is 2.88. The van der Waals surface area contributed by atoms with Gasteiger partial charge in [0.25, 0.3) is 5.69 Å². The zero-order valence-corrected chi connectivity index (χ0v) is 11.8. The number of halogens is 1. The highest BCUT2D eigenvalue weighted by Gasteiger charge is 2.04. The van der Waals surface area contributed by atoms with E-state index in [9.17, 15) is 10.1 Å². The third-order valence-electron chi connectivity index (χ3n) is 2.72. The van der Waals surface area contributed by atoms with Gasteiger partial charge in [-0.25, -0.2) is 0 Å². The first-order valence-corrected chi connectivity index (χ1v) is 5.87. The maximum absolute atomic E-state index is 10.5. The van der Waals surface area contributed by atoms with Crippen molar-refractivity contribution in [1.29, 1.82) is 5.41 Å². The Morgan fingerprint density at radius 2 is 1.71 bits per heavy atom. The van der Waals surface area contributed by atoms with Crippen LogP contribution in [0.2, 0.25) is 0 Å². The zero-order valence-electron chi connectivity index (χ0n) is 11.0. The Morgan fingerprint density at radius 1 is 1.14 bits per heavy atom. The normalized spacial score (nSPS) is 9.52. The lowest BCUT2D eigenvalue weighted by Gasteiger charge is -2.06. The summed E-state index contributed by atoms with van der Waals surface area (Å²) in [5, 5.41) is 17.8. The Kier molecular flexibility index (Phi) is 5.68. The summed E-state index contributed by atoms with van der Waals surface area (Å²) in [4.78, 5) is 10.1. The molecular formula is C14H14ClN3O3. The van der Waals surface area contributed by atoms with Crippen LogP contribution in [0.4, 0.5) is 5.69 Å². The number of nitro groups is 1. The lowest BCUT2D eigenvalue weighted by Crippen LogP contribution is -2.10. The number of rotatable bonds is 5. The fraction of sp³-hybridized carbons (Fsp3) is 0.0714. The van der Waals surface area contributed by atoms with Crippen LogP contribution in [-0.2, 0) is 6.61 Å². The molecule has 0 saturated carbocycles. The molecule has 0 atom stereocenters. The summed E-state index contributed by atoms with van der Waals surface area (Å²) in [6.07, 6.45) is 0. The highest BCUT2D eigenvalue weighted by atomic mass is 35.5. The smallest absolute Gasteiger partial charge is 0.269 e. The first-order chi connectivity index (χ1) is 9.56. The fourth-order valence-corrected chi connectivity index (χ4v) is 1.61. The number of hydrogen-bond donors (Lipinski definition) is 2. The minimum absolute atomic E-state index is 0. The molecule has 0 aromatic heterocycles. The molecule has 7 heteroatoms. The lowest BCUT2D eigenvalue weighted by atomic mass is 10.1. The average molecular weight is 308 g/mol. The molecule has 0 heterocycles. The van der Waals surface area contributed by atoms with E-state index in [-0.39, 0.29) is 23.9 Å². The third-order valence-corrected chi connectivity index (χ3v) is 2.72. The highest BCUT2D eigenvalue weighted by Crippen LogP contribution is 2.18. The molecule has 110 valence electrons. The number of nitro benzene ring substituents is 1. The van der Waals surface area contributed by atoms with Crippen LogP contribution in [0.15, 0.2) is 48.5 Å². The predicted molar refractivity (Wildman–Crippen MR) is 82.1 cm³/mol. The summed E-state index contributed by atoms with van der Waals surface area (Å²) in [6, 6.07) is 13.0. The Bertz CT molecular complexity index is 569. The van der Waals surface area contributed by atoms with Gasteiger partial charge in [-0.3, -0.25) is 15.5 Å². The summed E-state index contributed by atoms with van der Waals surface area (Å²) in [7, 11) is 0. The van der Waals surface area contributed by atoms with E-state index in [1.807, 2.05) is 12.1 Å². The summed E-state index contributed by atoms with van der Waals surface area (Å²) < 4.78 is 5.52. The molecule has 2 rings (SSSR count). The minimum Gasteiger partial charge on any atom is -0.489 e. The Morgan fingerprint density at radius 3 is 2.19 bits per heavy atom.